The van der Waals surface area contributed by atoms with E-state index in [1.807, 2.05) is 26.6 Å². The van der Waals surface area contributed by atoms with Crippen molar-refractivity contribution in [2.24, 2.45) is 17.8 Å². The normalized spacial score (nSPS) is 21.4. The summed E-state index contributed by atoms with van der Waals surface area (Å²) in [6, 6.07) is 7.12. The Hall–Kier alpha value is -3.06. The fourth-order valence-corrected chi connectivity index (χ4v) is 5.77. The van der Waals surface area contributed by atoms with Crippen molar-refractivity contribution in [3.05, 3.63) is 51.7 Å². The molecule has 4 rings (SSSR count). The summed E-state index contributed by atoms with van der Waals surface area (Å²) in [5.74, 6) is -0.344. The highest BCUT2D eigenvalue weighted by Gasteiger charge is 2.43. The van der Waals surface area contributed by atoms with Crippen molar-refractivity contribution in [3.63, 3.8) is 0 Å². The largest absolute Gasteiger partial charge is 0.417 e. The van der Waals surface area contributed by atoms with Gasteiger partial charge in [-0.2, -0.15) is 29.8 Å². The van der Waals surface area contributed by atoms with Crippen LogP contribution in [0.3, 0.4) is 0 Å². The molecule has 34 heavy (non-hydrogen) atoms. The van der Waals surface area contributed by atoms with E-state index >= 15 is 0 Å². The minimum Gasteiger partial charge on any atom is -0.370 e. The van der Waals surface area contributed by atoms with Crippen molar-refractivity contribution in [1.29, 1.82) is 5.26 Å². The van der Waals surface area contributed by atoms with Crippen LogP contribution < -0.4 is 10.2 Å². The lowest BCUT2D eigenvalue weighted by Crippen LogP contribution is -2.43. The maximum Gasteiger partial charge on any atom is 0.417 e. The number of hydrogen-bond donors (Lipinski definition) is 1. The molecular formula is C24H25F3N4O2S. The summed E-state index contributed by atoms with van der Waals surface area (Å²) < 4.78 is 40.4. The number of hydrogen-bond acceptors (Lipinski definition) is 5. The Labute approximate surface area is 200 Å². The van der Waals surface area contributed by atoms with E-state index in [1.165, 1.54) is 23.5 Å². The summed E-state index contributed by atoms with van der Waals surface area (Å²) in [6.45, 7) is 1.93. The van der Waals surface area contributed by atoms with Gasteiger partial charge in [0.05, 0.1) is 28.7 Å². The summed E-state index contributed by atoms with van der Waals surface area (Å²) in [5.41, 5.74) is -0.349. The summed E-state index contributed by atoms with van der Waals surface area (Å²) in [6.07, 6.45) is -3.16. The van der Waals surface area contributed by atoms with E-state index in [4.69, 9.17) is 5.26 Å². The molecule has 0 bridgehead atoms. The van der Waals surface area contributed by atoms with E-state index in [0.717, 1.165) is 18.9 Å². The first-order valence-electron chi connectivity index (χ1n) is 11.1. The van der Waals surface area contributed by atoms with Crippen LogP contribution in [0.2, 0.25) is 0 Å². The van der Waals surface area contributed by atoms with E-state index < -0.39 is 17.3 Å². The summed E-state index contributed by atoms with van der Waals surface area (Å²) in [5, 5.41) is 15.5. The molecular weight excluding hydrogens is 465 g/mol. The van der Waals surface area contributed by atoms with Crippen molar-refractivity contribution < 1.29 is 22.8 Å². The van der Waals surface area contributed by atoms with E-state index in [-0.39, 0.29) is 29.6 Å². The number of rotatable bonds is 4. The molecule has 2 amide bonds. The lowest BCUT2D eigenvalue weighted by molar-refractivity contribution is -0.137. The van der Waals surface area contributed by atoms with Gasteiger partial charge in [0.1, 0.15) is 0 Å². The first kappa shape index (κ1) is 24.1. The number of benzene rings is 1. The molecule has 1 aromatic carbocycles. The predicted octanol–water partition coefficient (Wildman–Crippen LogP) is 3.99. The number of amides is 2. The highest BCUT2D eigenvalue weighted by molar-refractivity contribution is 7.08. The van der Waals surface area contributed by atoms with Gasteiger partial charge < -0.3 is 15.1 Å². The van der Waals surface area contributed by atoms with Gasteiger partial charge in [0.15, 0.2) is 0 Å². The van der Waals surface area contributed by atoms with Crippen LogP contribution in [-0.4, -0.2) is 49.9 Å². The van der Waals surface area contributed by atoms with E-state index in [9.17, 15) is 22.8 Å². The van der Waals surface area contributed by atoms with E-state index in [1.54, 1.807) is 13.1 Å². The quantitative estimate of drug-likeness (QED) is 0.703. The van der Waals surface area contributed by atoms with Crippen LogP contribution in [0, 0.1) is 29.1 Å². The monoisotopic (exact) mass is 490 g/mol. The number of alkyl halides is 3. The zero-order valence-electron chi connectivity index (χ0n) is 18.6. The fraction of sp³-hybridized carbons (Fsp3) is 0.458. The highest BCUT2D eigenvalue weighted by Crippen LogP contribution is 2.40. The van der Waals surface area contributed by atoms with Crippen LogP contribution >= 0.6 is 11.3 Å². The van der Waals surface area contributed by atoms with Gasteiger partial charge in [-0.05, 0) is 54.3 Å². The Morgan fingerprint density at radius 3 is 2.50 bits per heavy atom. The lowest BCUT2D eigenvalue weighted by atomic mass is 9.78. The molecule has 2 saturated heterocycles. The fourth-order valence-electron chi connectivity index (χ4n) is 5.14. The van der Waals surface area contributed by atoms with Gasteiger partial charge in [0, 0.05) is 44.3 Å². The summed E-state index contributed by atoms with van der Waals surface area (Å²) >= 11 is 1.48. The number of piperidine rings is 1. The Morgan fingerprint density at radius 2 is 1.91 bits per heavy atom. The van der Waals surface area contributed by atoms with Gasteiger partial charge >= 0.3 is 6.18 Å². The maximum atomic E-state index is 13.5. The smallest absolute Gasteiger partial charge is 0.370 e. The van der Waals surface area contributed by atoms with Crippen molar-refractivity contribution in [2.45, 2.75) is 19.0 Å². The van der Waals surface area contributed by atoms with Crippen molar-refractivity contribution in [3.8, 4) is 6.07 Å². The summed E-state index contributed by atoms with van der Waals surface area (Å²) in [4.78, 5) is 29.0. The Kier molecular flexibility index (Phi) is 6.84. The minimum absolute atomic E-state index is 0.00728. The maximum absolute atomic E-state index is 13.5. The summed E-state index contributed by atoms with van der Waals surface area (Å²) in [7, 11) is 1.56. The van der Waals surface area contributed by atoms with Gasteiger partial charge in [-0.3, -0.25) is 9.59 Å². The van der Waals surface area contributed by atoms with Crippen LogP contribution in [0.4, 0.5) is 18.9 Å². The molecule has 2 fully saturated rings. The lowest BCUT2D eigenvalue weighted by Gasteiger charge is -2.36. The Balaban J connectivity index is 1.51. The number of carbonyl (C=O) groups is 2. The van der Waals surface area contributed by atoms with Gasteiger partial charge in [-0.25, -0.2) is 0 Å². The zero-order valence-corrected chi connectivity index (χ0v) is 19.5. The second-order valence-electron chi connectivity index (χ2n) is 8.77. The number of nitriles is 1. The van der Waals surface area contributed by atoms with Gasteiger partial charge in [-0.1, -0.05) is 0 Å². The molecule has 1 N–H and O–H groups in total. The number of nitrogens with zero attached hydrogens (tertiary/aromatic N) is 3. The third-order valence-corrected chi connectivity index (χ3v) is 7.63. The SMILES string of the molecule is CNC(=O)[C@@H]1CN(c2ccc(C#N)c(C(F)(F)F)c2)C[C@H]1C1CCN(C(=O)c2ccsc2)CC1. The van der Waals surface area contributed by atoms with Crippen LogP contribution in [-0.2, 0) is 11.0 Å². The number of likely N-dealkylation sites (tertiary alicyclic amines) is 1. The third-order valence-electron chi connectivity index (χ3n) is 6.94. The molecule has 0 unspecified atom stereocenters. The van der Waals surface area contributed by atoms with Crippen LogP contribution in [0.1, 0.15) is 34.3 Å². The predicted molar refractivity (Wildman–Crippen MR) is 122 cm³/mol. The second kappa shape index (κ2) is 9.66. The molecule has 1 aromatic heterocycles. The van der Waals surface area contributed by atoms with Crippen LogP contribution in [0.5, 0.6) is 0 Å². The number of anilines is 1. The number of thiophene rings is 1. The zero-order chi connectivity index (χ0) is 24.5. The van der Waals surface area contributed by atoms with Gasteiger partial charge in [0.25, 0.3) is 5.91 Å². The average molecular weight is 491 g/mol. The molecule has 2 atom stereocenters. The number of halogens is 3. The number of carbonyl (C=O) groups excluding carboxylic acids is 2. The topological polar surface area (TPSA) is 76.4 Å². The molecule has 0 saturated carbocycles. The van der Waals surface area contributed by atoms with Crippen LogP contribution in [0.15, 0.2) is 35.0 Å². The standard InChI is InChI=1S/C24H25F3N4O2S/c1-29-22(32)20-13-31(18-3-2-16(11-28)21(10-18)24(25,26)27)12-19(20)15-4-7-30(8-5-15)23(33)17-6-9-34-14-17/h2-3,6,9-10,14-15,19-20H,4-5,7-8,12-13H2,1H3,(H,29,32)/t19-,20+/m0/s1. The van der Waals surface area contributed by atoms with Crippen molar-refractivity contribution in [2.75, 3.05) is 38.1 Å². The molecule has 0 radical (unpaired) electrons. The first-order valence-corrected chi connectivity index (χ1v) is 12.1. The van der Waals surface area contributed by atoms with Gasteiger partial charge in [-0.15, -0.1) is 0 Å². The molecule has 2 aliphatic heterocycles. The first-order chi connectivity index (χ1) is 16.2. The van der Waals surface area contributed by atoms with Crippen LogP contribution in [0.25, 0.3) is 0 Å². The molecule has 180 valence electrons. The van der Waals surface area contributed by atoms with Crippen molar-refractivity contribution in [1.82, 2.24) is 10.2 Å². The molecule has 0 spiro atoms. The minimum atomic E-state index is -4.64. The molecule has 6 nitrogen and oxygen atoms in total. The average Bonchev–Trinajstić information content (AvgIpc) is 3.53. The molecule has 3 heterocycles. The third kappa shape index (κ3) is 4.75. The second-order valence-corrected chi connectivity index (χ2v) is 9.55. The molecule has 2 aromatic rings. The highest BCUT2D eigenvalue weighted by atomic mass is 32.1. The molecule has 10 heteroatoms. The molecule has 0 aliphatic carbocycles. The van der Waals surface area contributed by atoms with Gasteiger partial charge in [0.2, 0.25) is 5.91 Å². The molecule has 2 aliphatic rings. The van der Waals surface area contributed by atoms with Crippen molar-refractivity contribution >= 4 is 28.8 Å². The Morgan fingerprint density at radius 1 is 1.18 bits per heavy atom. The van der Waals surface area contributed by atoms with E-state index in [0.29, 0.717) is 37.4 Å². The Bertz CT molecular complexity index is 1090. The van der Waals surface area contributed by atoms with E-state index in [2.05, 4.69) is 5.32 Å². The number of nitrogens with one attached hydrogen (secondary N) is 1.